The zero-order valence-corrected chi connectivity index (χ0v) is 13.6. The van der Waals surface area contributed by atoms with E-state index in [2.05, 4.69) is 37.2 Å². The maximum atomic E-state index is 5.49. The molecule has 0 atom stereocenters. The van der Waals surface area contributed by atoms with Gasteiger partial charge in [0.2, 0.25) is 5.89 Å². The first-order chi connectivity index (χ1) is 11.2. The maximum absolute atomic E-state index is 5.49. The lowest BCUT2D eigenvalue weighted by Gasteiger charge is -2.36. The van der Waals surface area contributed by atoms with Crippen molar-refractivity contribution < 1.29 is 4.52 Å². The second-order valence-electron chi connectivity index (χ2n) is 5.96. The van der Waals surface area contributed by atoms with E-state index >= 15 is 0 Å². The van der Waals surface area contributed by atoms with E-state index in [0.29, 0.717) is 24.3 Å². The van der Waals surface area contributed by atoms with Gasteiger partial charge in [-0.25, -0.2) is 0 Å². The summed E-state index contributed by atoms with van der Waals surface area (Å²) in [6.45, 7) is 4.95. The van der Waals surface area contributed by atoms with Crippen molar-refractivity contribution in [2.45, 2.75) is 38.9 Å². The number of aromatic nitrogens is 4. The molecule has 3 rings (SSSR count). The van der Waals surface area contributed by atoms with E-state index in [4.69, 9.17) is 10.3 Å². The maximum Gasteiger partial charge on any atom is 0.240 e. The molecule has 1 aliphatic heterocycles. The molecule has 0 amide bonds. The lowest BCUT2D eigenvalue weighted by atomic mass is 10.0. The lowest BCUT2D eigenvalue weighted by Crippen LogP contribution is -2.43. The molecule has 124 valence electrons. The Morgan fingerprint density at radius 2 is 2.09 bits per heavy atom. The highest BCUT2D eigenvalue weighted by Crippen LogP contribution is 2.20. The van der Waals surface area contributed by atoms with E-state index in [9.17, 15) is 0 Å². The fourth-order valence-electron chi connectivity index (χ4n) is 2.87. The van der Waals surface area contributed by atoms with Crippen molar-refractivity contribution in [2.75, 3.05) is 25.0 Å². The molecule has 8 heteroatoms. The van der Waals surface area contributed by atoms with Crippen molar-refractivity contribution in [3.8, 4) is 0 Å². The predicted molar refractivity (Wildman–Crippen MR) is 85.7 cm³/mol. The smallest absolute Gasteiger partial charge is 0.240 e. The van der Waals surface area contributed by atoms with Crippen LogP contribution < -0.4 is 10.6 Å². The van der Waals surface area contributed by atoms with Crippen LogP contribution in [0.15, 0.2) is 16.7 Å². The van der Waals surface area contributed by atoms with Crippen molar-refractivity contribution in [1.82, 2.24) is 25.2 Å². The summed E-state index contributed by atoms with van der Waals surface area (Å²) in [5.74, 6) is 2.13. The molecule has 0 aliphatic carbocycles. The Bertz CT molecular complexity index is 619. The summed E-state index contributed by atoms with van der Waals surface area (Å²) in [4.78, 5) is 8.83. The molecule has 1 saturated heterocycles. The quantitative estimate of drug-likeness (QED) is 0.862. The van der Waals surface area contributed by atoms with Crippen LogP contribution >= 0.6 is 0 Å². The van der Waals surface area contributed by atoms with Gasteiger partial charge in [-0.3, -0.25) is 4.90 Å². The van der Waals surface area contributed by atoms with Gasteiger partial charge >= 0.3 is 0 Å². The molecule has 1 aliphatic rings. The third-order valence-electron chi connectivity index (χ3n) is 4.30. The Morgan fingerprint density at radius 1 is 1.30 bits per heavy atom. The summed E-state index contributed by atoms with van der Waals surface area (Å²) in [6.07, 6.45) is 2.15. The van der Waals surface area contributed by atoms with E-state index in [0.717, 1.165) is 37.4 Å². The van der Waals surface area contributed by atoms with Gasteiger partial charge in [0.15, 0.2) is 11.6 Å². The van der Waals surface area contributed by atoms with Crippen molar-refractivity contribution >= 4 is 5.82 Å². The molecule has 0 bridgehead atoms. The average molecular weight is 317 g/mol. The molecule has 0 saturated carbocycles. The molecule has 23 heavy (non-hydrogen) atoms. The second kappa shape index (κ2) is 7.01. The van der Waals surface area contributed by atoms with E-state index in [1.807, 2.05) is 19.1 Å². The highest BCUT2D eigenvalue weighted by atomic mass is 16.5. The highest BCUT2D eigenvalue weighted by molar-refractivity contribution is 5.37. The molecule has 0 spiro atoms. The summed E-state index contributed by atoms with van der Waals surface area (Å²) in [5.41, 5.74) is 6.42. The van der Waals surface area contributed by atoms with Crippen LogP contribution in [0.25, 0.3) is 0 Å². The van der Waals surface area contributed by atoms with Gasteiger partial charge in [-0.2, -0.15) is 10.1 Å². The summed E-state index contributed by atoms with van der Waals surface area (Å²) in [7, 11) is 2.09. The van der Waals surface area contributed by atoms with Crippen LogP contribution in [0.2, 0.25) is 0 Å². The minimum Gasteiger partial charge on any atom is -0.355 e. The van der Waals surface area contributed by atoms with E-state index in [-0.39, 0.29) is 6.54 Å². The summed E-state index contributed by atoms with van der Waals surface area (Å²) in [6, 6.07) is 4.51. The number of nitrogens with zero attached hydrogens (tertiary/aromatic N) is 6. The van der Waals surface area contributed by atoms with Gasteiger partial charge in [-0.15, -0.1) is 5.10 Å². The number of anilines is 1. The van der Waals surface area contributed by atoms with Gasteiger partial charge in [0.05, 0.1) is 18.8 Å². The Morgan fingerprint density at radius 3 is 2.70 bits per heavy atom. The van der Waals surface area contributed by atoms with Gasteiger partial charge in [0, 0.05) is 26.2 Å². The number of hydrogen-bond donors (Lipinski definition) is 1. The van der Waals surface area contributed by atoms with Crippen molar-refractivity contribution in [1.29, 1.82) is 0 Å². The van der Waals surface area contributed by atoms with Crippen LogP contribution in [0, 0.1) is 6.92 Å². The van der Waals surface area contributed by atoms with Crippen LogP contribution in [0.1, 0.15) is 30.3 Å². The Balaban J connectivity index is 1.52. The number of likely N-dealkylation sites (tertiary alicyclic amines) is 1. The molecule has 0 aromatic carbocycles. The van der Waals surface area contributed by atoms with Crippen molar-refractivity contribution in [3.63, 3.8) is 0 Å². The number of rotatable bonds is 5. The Kier molecular flexibility index (Phi) is 4.82. The molecule has 3 heterocycles. The first-order valence-corrected chi connectivity index (χ1v) is 7.92. The minimum atomic E-state index is 0.289. The first-order valence-electron chi connectivity index (χ1n) is 7.92. The molecule has 1 fully saturated rings. The molecule has 0 unspecified atom stereocenters. The SMILES string of the molecule is Cc1ccc(N(C)C2CCN(Cc3noc(CN)n3)CC2)nn1. The predicted octanol–water partition coefficient (Wildman–Crippen LogP) is 0.728. The van der Waals surface area contributed by atoms with Crippen LogP contribution in [0.5, 0.6) is 0 Å². The highest BCUT2D eigenvalue weighted by Gasteiger charge is 2.24. The zero-order valence-electron chi connectivity index (χ0n) is 13.6. The monoisotopic (exact) mass is 317 g/mol. The normalized spacial score (nSPS) is 16.7. The van der Waals surface area contributed by atoms with Crippen LogP contribution in [-0.4, -0.2) is 51.4 Å². The number of hydrogen-bond acceptors (Lipinski definition) is 8. The lowest BCUT2D eigenvalue weighted by molar-refractivity contribution is 0.196. The Hall–Kier alpha value is -2.06. The fraction of sp³-hybridized carbons (Fsp3) is 0.600. The Labute approximate surface area is 135 Å². The van der Waals surface area contributed by atoms with E-state index < -0.39 is 0 Å². The molecule has 2 aromatic rings. The minimum absolute atomic E-state index is 0.289. The van der Waals surface area contributed by atoms with Crippen molar-refractivity contribution in [2.24, 2.45) is 5.73 Å². The summed E-state index contributed by atoms with van der Waals surface area (Å²) in [5, 5.41) is 12.4. The van der Waals surface area contributed by atoms with Crippen LogP contribution in [0.4, 0.5) is 5.82 Å². The first kappa shape index (κ1) is 15.8. The molecule has 8 nitrogen and oxygen atoms in total. The third kappa shape index (κ3) is 3.83. The third-order valence-corrected chi connectivity index (χ3v) is 4.30. The molecule has 2 N–H and O–H groups in total. The average Bonchev–Trinajstić information content (AvgIpc) is 3.03. The van der Waals surface area contributed by atoms with E-state index in [1.54, 1.807) is 0 Å². The molecule has 2 aromatic heterocycles. The second-order valence-corrected chi connectivity index (χ2v) is 5.96. The molecular weight excluding hydrogens is 294 g/mol. The number of piperidine rings is 1. The van der Waals surface area contributed by atoms with Gasteiger partial charge in [0.1, 0.15) is 0 Å². The van der Waals surface area contributed by atoms with E-state index in [1.165, 1.54) is 0 Å². The van der Waals surface area contributed by atoms with Crippen molar-refractivity contribution in [3.05, 3.63) is 29.5 Å². The number of nitrogens with two attached hydrogens (primary N) is 1. The van der Waals surface area contributed by atoms with Gasteiger partial charge < -0.3 is 15.2 Å². The standard InChI is InChI=1S/C15H23N7O/c1-11-3-4-14(19-18-11)21(2)12-5-7-22(8-6-12)10-13-17-15(9-16)23-20-13/h3-4,12H,5-10,16H2,1-2H3. The zero-order chi connectivity index (χ0) is 16.2. The number of aryl methyl sites for hydroxylation is 1. The van der Waals surface area contributed by atoms with Gasteiger partial charge in [0.25, 0.3) is 0 Å². The summed E-state index contributed by atoms with van der Waals surface area (Å²) < 4.78 is 5.05. The molecule has 0 radical (unpaired) electrons. The largest absolute Gasteiger partial charge is 0.355 e. The van der Waals surface area contributed by atoms with Crippen LogP contribution in [0.3, 0.4) is 0 Å². The fourth-order valence-corrected chi connectivity index (χ4v) is 2.87. The van der Waals surface area contributed by atoms with Crippen LogP contribution in [-0.2, 0) is 13.1 Å². The molecular formula is C15H23N7O. The summed E-state index contributed by atoms with van der Waals surface area (Å²) >= 11 is 0. The van der Waals surface area contributed by atoms with Gasteiger partial charge in [-0.1, -0.05) is 5.16 Å². The topological polar surface area (TPSA) is 97.2 Å². The van der Waals surface area contributed by atoms with Gasteiger partial charge in [-0.05, 0) is 31.9 Å².